The Hall–Kier alpha value is -3.69. The van der Waals surface area contributed by atoms with Crippen molar-refractivity contribution in [2.24, 2.45) is 0 Å². The molecule has 0 aliphatic carbocycles. The van der Waals surface area contributed by atoms with Crippen LogP contribution >= 0.6 is 0 Å². The molecule has 1 N–H and O–H groups in total. The van der Waals surface area contributed by atoms with Gasteiger partial charge in [0.2, 0.25) is 0 Å². The smallest absolute Gasteiger partial charge is 0.252 e. The molecule has 0 spiro atoms. The fourth-order valence-corrected chi connectivity index (χ4v) is 4.30. The summed E-state index contributed by atoms with van der Waals surface area (Å²) in [6.07, 6.45) is 6.12. The van der Waals surface area contributed by atoms with Crippen LogP contribution in [0.5, 0.6) is 0 Å². The second kappa shape index (κ2) is 10.1. The van der Waals surface area contributed by atoms with E-state index in [1.807, 2.05) is 53.2 Å². The van der Waals surface area contributed by atoms with Gasteiger partial charge >= 0.3 is 0 Å². The number of rotatable bonds is 7. The van der Waals surface area contributed by atoms with Crippen molar-refractivity contribution in [1.82, 2.24) is 39.7 Å². The van der Waals surface area contributed by atoms with Crippen LogP contribution in [0.15, 0.2) is 67.1 Å². The lowest BCUT2D eigenvalue weighted by Gasteiger charge is -2.38. The number of fused-ring (bicyclic) bond motifs is 1. The van der Waals surface area contributed by atoms with Gasteiger partial charge in [-0.15, -0.1) is 10.2 Å². The maximum atomic E-state index is 12.8. The van der Waals surface area contributed by atoms with Gasteiger partial charge in [-0.25, -0.2) is 0 Å². The van der Waals surface area contributed by atoms with Crippen LogP contribution in [0.4, 0.5) is 0 Å². The van der Waals surface area contributed by atoms with Gasteiger partial charge in [0.05, 0.1) is 17.3 Å². The number of carbonyl (C=O) groups is 1. The lowest BCUT2D eigenvalue weighted by atomic mass is 10.1. The third kappa shape index (κ3) is 4.95. The molecule has 4 aromatic rings. The van der Waals surface area contributed by atoms with E-state index in [-0.39, 0.29) is 11.9 Å². The lowest BCUT2D eigenvalue weighted by Crippen LogP contribution is -2.46. The Morgan fingerprint density at radius 3 is 2.56 bits per heavy atom. The molecule has 34 heavy (non-hydrogen) atoms. The minimum Gasteiger partial charge on any atom is -0.352 e. The number of nitrogens with zero attached hydrogens (tertiary/aromatic N) is 7. The number of pyridine rings is 3. The molecule has 0 saturated carbocycles. The molecule has 9 nitrogen and oxygen atoms in total. The van der Waals surface area contributed by atoms with Gasteiger partial charge in [0.25, 0.3) is 5.91 Å². The van der Waals surface area contributed by atoms with Crippen LogP contribution in [-0.2, 0) is 13.0 Å². The number of amides is 1. The third-order valence-corrected chi connectivity index (χ3v) is 6.23. The van der Waals surface area contributed by atoms with Crippen LogP contribution in [0.1, 0.15) is 33.6 Å². The minimum atomic E-state index is -0.119. The highest BCUT2D eigenvalue weighted by Crippen LogP contribution is 2.24. The fourth-order valence-electron chi connectivity index (χ4n) is 4.30. The summed E-state index contributed by atoms with van der Waals surface area (Å²) >= 11 is 0. The Balaban J connectivity index is 1.30. The monoisotopic (exact) mass is 456 g/mol. The molecule has 4 aromatic heterocycles. The Bertz CT molecular complexity index is 1240. The van der Waals surface area contributed by atoms with Crippen LogP contribution < -0.4 is 5.32 Å². The van der Waals surface area contributed by atoms with E-state index in [0.29, 0.717) is 18.5 Å². The van der Waals surface area contributed by atoms with Crippen molar-refractivity contribution < 1.29 is 4.79 Å². The SMILES string of the molecule is CN1CCN(Cc2ccccn2)C[C@H]1c1nnc2ccc(C(=O)NCCc3ccccn3)cn12. The van der Waals surface area contributed by atoms with Crippen LogP contribution in [0.2, 0.25) is 0 Å². The molecule has 1 fully saturated rings. The largest absolute Gasteiger partial charge is 0.352 e. The Labute approximate surface area is 198 Å². The summed E-state index contributed by atoms with van der Waals surface area (Å²) in [7, 11) is 2.11. The van der Waals surface area contributed by atoms with Gasteiger partial charge in [-0.1, -0.05) is 12.1 Å². The highest BCUT2D eigenvalue weighted by molar-refractivity contribution is 5.94. The maximum absolute atomic E-state index is 12.8. The first-order valence-corrected chi connectivity index (χ1v) is 11.5. The molecule has 174 valence electrons. The van der Waals surface area contributed by atoms with E-state index in [9.17, 15) is 4.79 Å². The predicted octanol–water partition coefficient (Wildman–Crippen LogP) is 1.98. The van der Waals surface area contributed by atoms with E-state index in [1.165, 1.54) is 0 Å². The van der Waals surface area contributed by atoms with Gasteiger partial charge in [-0.2, -0.15) is 0 Å². The Morgan fingerprint density at radius 2 is 1.79 bits per heavy atom. The number of carbonyl (C=O) groups excluding carboxylic acids is 1. The van der Waals surface area contributed by atoms with Crippen LogP contribution in [0.25, 0.3) is 5.65 Å². The third-order valence-electron chi connectivity index (χ3n) is 6.23. The van der Waals surface area contributed by atoms with Gasteiger partial charge in [0.1, 0.15) is 0 Å². The van der Waals surface area contributed by atoms with Gasteiger partial charge in [0.15, 0.2) is 11.5 Å². The minimum absolute atomic E-state index is 0.0647. The molecule has 1 atom stereocenters. The van der Waals surface area contributed by atoms with E-state index in [2.05, 4.69) is 48.4 Å². The molecule has 1 aliphatic heterocycles. The molecule has 1 saturated heterocycles. The predicted molar refractivity (Wildman–Crippen MR) is 128 cm³/mol. The van der Waals surface area contributed by atoms with Crippen LogP contribution in [0, 0.1) is 0 Å². The molecular weight excluding hydrogens is 428 g/mol. The van der Waals surface area contributed by atoms with Crippen molar-refractivity contribution in [1.29, 1.82) is 0 Å². The summed E-state index contributed by atoms with van der Waals surface area (Å²) in [6, 6.07) is 15.5. The molecule has 9 heteroatoms. The van der Waals surface area contributed by atoms with Crippen molar-refractivity contribution in [2.75, 3.05) is 33.2 Å². The molecule has 1 amide bonds. The van der Waals surface area contributed by atoms with Crippen molar-refractivity contribution >= 4 is 11.6 Å². The zero-order valence-corrected chi connectivity index (χ0v) is 19.2. The summed E-state index contributed by atoms with van der Waals surface area (Å²) in [5.41, 5.74) is 3.32. The average molecular weight is 457 g/mol. The maximum Gasteiger partial charge on any atom is 0.252 e. The fraction of sp³-hybridized carbons (Fsp3) is 0.320. The number of nitrogens with one attached hydrogen (secondary N) is 1. The van der Waals surface area contributed by atoms with E-state index in [1.54, 1.807) is 12.3 Å². The van der Waals surface area contributed by atoms with Crippen molar-refractivity contribution in [2.45, 2.75) is 19.0 Å². The zero-order valence-electron chi connectivity index (χ0n) is 19.2. The number of aromatic nitrogens is 5. The first kappa shape index (κ1) is 22.1. The molecule has 0 bridgehead atoms. The average Bonchev–Trinajstić information content (AvgIpc) is 3.29. The highest BCUT2D eigenvalue weighted by Gasteiger charge is 2.29. The summed E-state index contributed by atoms with van der Waals surface area (Å²) < 4.78 is 1.94. The molecule has 0 aromatic carbocycles. The van der Waals surface area contributed by atoms with Gasteiger partial charge in [-0.05, 0) is 43.4 Å². The van der Waals surface area contributed by atoms with Crippen LogP contribution in [-0.4, -0.2) is 73.5 Å². The summed E-state index contributed by atoms with van der Waals surface area (Å²) in [5, 5.41) is 11.8. The number of piperazine rings is 1. The van der Waals surface area contributed by atoms with Crippen molar-refractivity contribution in [3.05, 3.63) is 89.9 Å². The summed E-state index contributed by atoms with van der Waals surface area (Å²) in [6.45, 7) is 4.02. The van der Waals surface area contributed by atoms with E-state index < -0.39 is 0 Å². The first-order valence-electron chi connectivity index (χ1n) is 11.5. The van der Waals surface area contributed by atoms with Crippen molar-refractivity contribution in [3.8, 4) is 0 Å². The topological polar surface area (TPSA) is 91.5 Å². The zero-order chi connectivity index (χ0) is 23.3. The quantitative estimate of drug-likeness (QED) is 0.455. The van der Waals surface area contributed by atoms with Gasteiger partial charge < -0.3 is 5.32 Å². The standard InChI is InChI=1S/C25H28N8O/c1-31-14-15-32(17-21-7-3-5-12-27-21)18-22(31)24-30-29-23-9-8-19(16-33(23)24)25(34)28-13-10-20-6-2-4-11-26-20/h2-9,11-12,16,22H,10,13-15,17-18H2,1H3,(H,28,34)/t22-/m0/s1. The second-order valence-electron chi connectivity index (χ2n) is 8.58. The summed E-state index contributed by atoms with van der Waals surface area (Å²) in [4.78, 5) is 26.3. The Kier molecular flexibility index (Phi) is 6.55. The molecule has 1 aliphatic rings. The lowest BCUT2D eigenvalue weighted by molar-refractivity contribution is 0.0844. The van der Waals surface area contributed by atoms with E-state index >= 15 is 0 Å². The van der Waals surface area contributed by atoms with Crippen LogP contribution in [0.3, 0.4) is 0 Å². The number of likely N-dealkylation sites (N-methyl/N-ethyl adjacent to an activating group) is 1. The first-order chi connectivity index (χ1) is 16.7. The summed E-state index contributed by atoms with van der Waals surface area (Å²) in [5.74, 6) is 0.720. The molecular formula is C25H28N8O. The normalized spacial score (nSPS) is 17.1. The molecule has 5 heterocycles. The van der Waals surface area contributed by atoms with E-state index in [4.69, 9.17) is 0 Å². The molecule has 0 unspecified atom stereocenters. The Morgan fingerprint density at radius 1 is 1.00 bits per heavy atom. The van der Waals surface area contributed by atoms with Gasteiger partial charge in [0, 0.05) is 63.4 Å². The second-order valence-corrected chi connectivity index (χ2v) is 8.58. The number of hydrogen-bond acceptors (Lipinski definition) is 7. The van der Waals surface area contributed by atoms with Crippen molar-refractivity contribution in [3.63, 3.8) is 0 Å². The molecule has 5 rings (SSSR count). The highest BCUT2D eigenvalue weighted by atomic mass is 16.1. The number of hydrogen-bond donors (Lipinski definition) is 1. The molecule has 0 radical (unpaired) electrons. The van der Waals surface area contributed by atoms with E-state index in [0.717, 1.165) is 49.0 Å². The van der Waals surface area contributed by atoms with Gasteiger partial charge in [-0.3, -0.25) is 29.0 Å².